The Morgan fingerprint density at radius 2 is 1.37 bits per heavy atom. The number of para-hydroxylation sites is 2. The van der Waals surface area contributed by atoms with Crippen molar-refractivity contribution < 1.29 is 9.00 Å². The van der Waals surface area contributed by atoms with Gasteiger partial charge in [-0.1, -0.05) is 103 Å². The number of rotatable bonds is 7. The minimum atomic E-state index is -1.46. The molecule has 0 aliphatic carbocycles. The van der Waals surface area contributed by atoms with Gasteiger partial charge in [0.1, 0.15) is 11.0 Å². The number of benzene rings is 4. The van der Waals surface area contributed by atoms with Gasteiger partial charge in [-0.15, -0.1) is 0 Å². The zero-order valence-electron chi connectivity index (χ0n) is 21.3. The number of anilines is 2. The van der Waals surface area contributed by atoms with E-state index in [1.165, 1.54) is 0 Å². The average Bonchev–Trinajstić information content (AvgIpc) is 3.29. The molecule has 1 aliphatic rings. The van der Waals surface area contributed by atoms with E-state index in [1.54, 1.807) is 4.90 Å². The Bertz CT molecular complexity index is 1410. The van der Waals surface area contributed by atoms with E-state index < -0.39 is 22.9 Å². The summed E-state index contributed by atoms with van der Waals surface area (Å²) in [6.07, 6.45) is 3.99. The van der Waals surface area contributed by atoms with Crippen molar-refractivity contribution in [2.24, 2.45) is 5.92 Å². The fourth-order valence-electron chi connectivity index (χ4n) is 4.77. The molecule has 1 amide bonds. The van der Waals surface area contributed by atoms with Crippen LogP contribution < -0.4 is 4.90 Å². The first-order valence-electron chi connectivity index (χ1n) is 12.6. The highest BCUT2D eigenvalue weighted by Gasteiger charge is 2.45. The van der Waals surface area contributed by atoms with Gasteiger partial charge in [-0.05, 0) is 54.5 Å². The van der Waals surface area contributed by atoms with Crippen molar-refractivity contribution >= 4 is 34.3 Å². The van der Waals surface area contributed by atoms with Gasteiger partial charge >= 0.3 is 0 Å². The number of aryl methyl sites for hydroxylation is 1. The lowest BCUT2D eigenvalue weighted by Gasteiger charge is -2.29. The van der Waals surface area contributed by atoms with Gasteiger partial charge < -0.3 is 0 Å². The molecule has 0 saturated carbocycles. The Hall–Kier alpha value is -4.06. The van der Waals surface area contributed by atoms with E-state index in [9.17, 15) is 9.00 Å². The number of carbonyl (C=O) groups is 1. The predicted molar refractivity (Wildman–Crippen MR) is 156 cm³/mol. The van der Waals surface area contributed by atoms with Gasteiger partial charge in [-0.3, -0.25) is 9.69 Å². The van der Waals surface area contributed by atoms with Crippen LogP contribution in [-0.2, 0) is 15.8 Å². The molecule has 3 atom stereocenters. The van der Waals surface area contributed by atoms with E-state index in [1.807, 2.05) is 139 Å². The van der Waals surface area contributed by atoms with Gasteiger partial charge in [0.25, 0.3) is 0 Å². The number of amides is 1. The third-order valence-corrected chi connectivity index (χ3v) is 8.18. The molecular formula is C33H30N2O2S. The number of carbonyl (C=O) groups excluding carboxylic acids is 1. The molecular weight excluding hydrogens is 488 g/mol. The van der Waals surface area contributed by atoms with E-state index in [4.69, 9.17) is 0 Å². The smallest absolute Gasteiger partial charge is 0.240 e. The lowest BCUT2D eigenvalue weighted by Crippen LogP contribution is -2.40. The molecule has 4 nitrogen and oxygen atoms in total. The minimum Gasteiger partial charge on any atom is -0.280 e. The summed E-state index contributed by atoms with van der Waals surface area (Å²) in [7, 11) is -1.46. The molecule has 0 unspecified atom stereocenters. The summed E-state index contributed by atoms with van der Waals surface area (Å²) in [5.41, 5.74) is 4.42. The first kappa shape index (κ1) is 25.6. The molecule has 190 valence electrons. The summed E-state index contributed by atoms with van der Waals surface area (Å²) in [5, 5.41) is 0. The van der Waals surface area contributed by atoms with Gasteiger partial charge in [0.15, 0.2) is 0 Å². The predicted octanol–water partition coefficient (Wildman–Crippen LogP) is 6.95. The van der Waals surface area contributed by atoms with Crippen molar-refractivity contribution in [2.75, 3.05) is 11.4 Å². The van der Waals surface area contributed by atoms with Crippen LogP contribution in [-0.4, -0.2) is 27.0 Å². The Morgan fingerprint density at radius 3 is 1.92 bits per heavy atom. The number of nitrogens with zero attached hydrogens (tertiary/aromatic N) is 2. The van der Waals surface area contributed by atoms with Crippen LogP contribution in [0.2, 0.25) is 0 Å². The SMILES string of the molecule is C=C1CN([S@@](=O)c2ccc(C)cc2)[C@@H](/C=C/c2ccccc2)[C@@H]1C(=O)N(c1ccccc1)c1ccccc1. The first-order valence-corrected chi connectivity index (χ1v) is 13.7. The van der Waals surface area contributed by atoms with Crippen LogP contribution in [0.4, 0.5) is 11.4 Å². The fraction of sp³-hybridized carbons (Fsp3) is 0.121. The summed E-state index contributed by atoms with van der Waals surface area (Å²) in [6.45, 7) is 6.68. The van der Waals surface area contributed by atoms with Crippen molar-refractivity contribution in [2.45, 2.75) is 17.9 Å². The van der Waals surface area contributed by atoms with E-state index in [0.29, 0.717) is 11.4 Å². The summed E-state index contributed by atoms with van der Waals surface area (Å²) in [5.74, 6) is -0.678. The molecule has 0 aromatic heterocycles. The molecule has 0 spiro atoms. The zero-order chi connectivity index (χ0) is 26.5. The molecule has 38 heavy (non-hydrogen) atoms. The van der Waals surface area contributed by atoms with E-state index in [0.717, 1.165) is 28.1 Å². The van der Waals surface area contributed by atoms with Crippen molar-refractivity contribution in [1.82, 2.24) is 4.31 Å². The monoisotopic (exact) mass is 518 g/mol. The highest BCUT2D eigenvalue weighted by Crippen LogP contribution is 2.37. The maximum atomic E-state index is 14.4. The second-order valence-corrected chi connectivity index (χ2v) is 10.8. The van der Waals surface area contributed by atoms with Crippen molar-refractivity contribution in [3.05, 3.63) is 145 Å². The topological polar surface area (TPSA) is 40.6 Å². The molecule has 4 aromatic carbocycles. The second kappa shape index (κ2) is 11.5. The van der Waals surface area contributed by atoms with Crippen molar-refractivity contribution in [1.29, 1.82) is 0 Å². The lowest BCUT2D eigenvalue weighted by molar-refractivity contribution is -0.120. The van der Waals surface area contributed by atoms with Crippen LogP contribution >= 0.6 is 0 Å². The maximum absolute atomic E-state index is 14.4. The first-order chi connectivity index (χ1) is 18.5. The van der Waals surface area contributed by atoms with Gasteiger partial charge in [-0.2, -0.15) is 0 Å². The van der Waals surface area contributed by atoms with Gasteiger partial charge in [0, 0.05) is 17.9 Å². The highest BCUT2D eigenvalue weighted by molar-refractivity contribution is 7.82. The molecule has 1 saturated heterocycles. The number of hydrogen-bond acceptors (Lipinski definition) is 2. The lowest BCUT2D eigenvalue weighted by atomic mass is 9.93. The second-order valence-electron chi connectivity index (χ2n) is 9.38. The molecule has 1 aliphatic heterocycles. The Labute approximate surface area is 227 Å². The van der Waals surface area contributed by atoms with Crippen LogP contribution in [0.5, 0.6) is 0 Å². The highest BCUT2D eigenvalue weighted by atomic mass is 32.2. The van der Waals surface area contributed by atoms with Crippen molar-refractivity contribution in [3.63, 3.8) is 0 Å². The van der Waals surface area contributed by atoms with Crippen LogP contribution in [0.25, 0.3) is 6.08 Å². The Balaban J connectivity index is 1.56. The number of hydrogen-bond donors (Lipinski definition) is 0. The van der Waals surface area contributed by atoms with Gasteiger partial charge in [0.2, 0.25) is 5.91 Å². The third-order valence-electron chi connectivity index (χ3n) is 6.71. The zero-order valence-corrected chi connectivity index (χ0v) is 22.1. The van der Waals surface area contributed by atoms with E-state index in [-0.39, 0.29) is 5.91 Å². The molecule has 0 bridgehead atoms. The Morgan fingerprint density at radius 1 is 0.842 bits per heavy atom. The molecule has 5 rings (SSSR count). The third kappa shape index (κ3) is 5.44. The Kier molecular flexibility index (Phi) is 7.78. The van der Waals surface area contributed by atoms with E-state index >= 15 is 0 Å². The summed E-state index contributed by atoms with van der Waals surface area (Å²) in [4.78, 5) is 16.9. The van der Waals surface area contributed by atoms with E-state index in [2.05, 4.69) is 6.58 Å². The molecule has 1 fully saturated rings. The van der Waals surface area contributed by atoms with Crippen molar-refractivity contribution in [3.8, 4) is 0 Å². The maximum Gasteiger partial charge on any atom is 0.240 e. The average molecular weight is 519 g/mol. The largest absolute Gasteiger partial charge is 0.280 e. The fourth-order valence-corrected chi connectivity index (χ4v) is 6.11. The van der Waals surface area contributed by atoms with Crippen LogP contribution in [0.1, 0.15) is 11.1 Å². The standard InChI is InChI=1S/C33H30N2O2S/c1-25-18-21-30(22-19-25)38(37)34-24-26(2)32(31(34)23-20-27-12-6-3-7-13-27)33(36)35(28-14-8-4-9-15-28)29-16-10-5-11-17-29/h3-23,31-32H,2,24H2,1H3/b23-20+/t31-,32+,38-/m0/s1. The van der Waals surface area contributed by atoms with Gasteiger partial charge in [0.05, 0.1) is 16.9 Å². The molecule has 4 aromatic rings. The summed E-state index contributed by atoms with van der Waals surface area (Å²) >= 11 is 0. The molecule has 1 heterocycles. The van der Waals surface area contributed by atoms with Gasteiger partial charge in [-0.25, -0.2) is 8.51 Å². The normalized spacial score (nSPS) is 18.5. The van der Waals surface area contributed by atoms with Crippen LogP contribution in [0, 0.1) is 12.8 Å². The summed E-state index contributed by atoms with van der Waals surface area (Å²) < 4.78 is 15.7. The van der Waals surface area contributed by atoms with Crippen LogP contribution in [0.3, 0.4) is 0 Å². The van der Waals surface area contributed by atoms with Crippen LogP contribution in [0.15, 0.2) is 138 Å². The molecule has 0 radical (unpaired) electrons. The minimum absolute atomic E-state index is 0.0986. The summed E-state index contributed by atoms with van der Waals surface area (Å²) in [6, 6.07) is 36.5. The quantitative estimate of drug-likeness (QED) is 0.248. The molecule has 5 heteroatoms. The molecule has 0 N–H and O–H groups in total.